The lowest BCUT2D eigenvalue weighted by atomic mass is 10.1. The van der Waals surface area contributed by atoms with Crippen molar-refractivity contribution in [2.75, 3.05) is 0 Å². The summed E-state index contributed by atoms with van der Waals surface area (Å²) in [5.41, 5.74) is 2.65. The first kappa shape index (κ1) is 15.9. The highest BCUT2D eigenvalue weighted by molar-refractivity contribution is 6.31. The number of nitrogens with zero attached hydrogens (tertiary/aromatic N) is 2. The first-order valence-electron chi connectivity index (χ1n) is 7.17. The summed E-state index contributed by atoms with van der Waals surface area (Å²) in [6.45, 7) is 4.35. The highest BCUT2D eigenvalue weighted by Crippen LogP contribution is 2.24. The van der Waals surface area contributed by atoms with Gasteiger partial charge in [0.15, 0.2) is 0 Å². The van der Waals surface area contributed by atoms with Crippen LogP contribution in [0.3, 0.4) is 0 Å². The second-order valence-corrected chi connectivity index (χ2v) is 5.34. The average Bonchev–Trinajstić information content (AvgIpc) is 2.79. The van der Waals surface area contributed by atoms with Crippen molar-refractivity contribution in [2.24, 2.45) is 7.05 Å². The van der Waals surface area contributed by atoms with Gasteiger partial charge in [0.1, 0.15) is 12.4 Å². The minimum absolute atomic E-state index is 0.373. The Labute approximate surface area is 130 Å². The highest BCUT2D eigenvalue weighted by Gasteiger charge is 2.13. The largest absolute Gasteiger partial charge is 0.487 e. The van der Waals surface area contributed by atoms with Gasteiger partial charge in [0, 0.05) is 7.05 Å². The number of aromatic nitrogens is 2. The molecule has 1 aromatic heterocycles. The molecule has 0 saturated heterocycles. The summed E-state index contributed by atoms with van der Waals surface area (Å²) in [6.07, 6.45) is 1.08. The lowest BCUT2D eigenvalue weighted by molar-refractivity contribution is 0.173. The predicted molar refractivity (Wildman–Crippen MR) is 83.6 cm³/mol. The molecule has 5 heteroatoms. The van der Waals surface area contributed by atoms with Gasteiger partial charge in [-0.15, -0.1) is 0 Å². The van der Waals surface area contributed by atoms with Crippen molar-refractivity contribution in [2.45, 2.75) is 39.4 Å². The summed E-state index contributed by atoms with van der Waals surface area (Å²) < 4.78 is 7.51. The second-order valence-electron chi connectivity index (χ2n) is 4.97. The fraction of sp³-hybridized carbons (Fsp3) is 0.438. The molecular formula is C16H21ClN2O2. The van der Waals surface area contributed by atoms with E-state index in [-0.39, 0.29) is 0 Å². The van der Waals surface area contributed by atoms with E-state index in [1.807, 2.05) is 45.2 Å². The lowest BCUT2D eigenvalue weighted by Crippen LogP contribution is -2.03. The van der Waals surface area contributed by atoms with Crippen molar-refractivity contribution in [3.63, 3.8) is 0 Å². The molecule has 0 amide bonds. The number of rotatable bonds is 6. The third kappa shape index (κ3) is 3.57. The van der Waals surface area contributed by atoms with E-state index in [0.29, 0.717) is 18.1 Å². The van der Waals surface area contributed by atoms with Crippen LogP contribution in [0.15, 0.2) is 24.3 Å². The molecule has 1 heterocycles. The highest BCUT2D eigenvalue weighted by atomic mass is 35.5. The van der Waals surface area contributed by atoms with Crippen molar-refractivity contribution >= 4 is 11.6 Å². The molecule has 4 nitrogen and oxygen atoms in total. The number of benzene rings is 1. The number of aliphatic hydroxyl groups is 1. The maximum Gasteiger partial charge on any atom is 0.131 e. The average molecular weight is 309 g/mol. The summed E-state index contributed by atoms with van der Waals surface area (Å²) in [5, 5.41) is 14.8. The standard InChI is InChI=1S/C16H21ClN2O2/c1-4-13-16(17)14(19(3)18-13)10-21-12-8-6-11(7-9-12)15(20)5-2/h6-9,15,20H,4-5,10H2,1-3H3. The van der Waals surface area contributed by atoms with Crippen molar-refractivity contribution in [1.29, 1.82) is 0 Å². The minimum atomic E-state index is -0.419. The van der Waals surface area contributed by atoms with Crippen LogP contribution in [-0.4, -0.2) is 14.9 Å². The van der Waals surface area contributed by atoms with Gasteiger partial charge in [0.25, 0.3) is 0 Å². The fourth-order valence-corrected chi connectivity index (χ4v) is 2.50. The molecule has 21 heavy (non-hydrogen) atoms. The molecule has 0 bridgehead atoms. The smallest absolute Gasteiger partial charge is 0.131 e. The monoisotopic (exact) mass is 308 g/mol. The Hall–Kier alpha value is -1.52. The molecular weight excluding hydrogens is 288 g/mol. The molecule has 0 aliphatic rings. The Balaban J connectivity index is 2.05. The summed E-state index contributed by atoms with van der Waals surface area (Å²) in [5.74, 6) is 0.748. The van der Waals surface area contributed by atoms with E-state index in [9.17, 15) is 5.11 Å². The molecule has 0 spiro atoms. The zero-order valence-electron chi connectivity index (χ0n) is 12.6. The SMILES string of the molecule is CCc1nn(C)c(COc2ccc(C(O)CC)cc2)c1Cl. The van der Waals surface area contributed by atoms with Crippen molar-refractivity contribution in [1.82, 2.24) is 9.78 Å². The molecule has 0 saturated carbocycles. The summed E-state index contributed by atoms with van der Waals surface area (Å²) in [6, 6.07) is 7.48. The normalized spacial score (nSPS) is 12.4. The van der Waals surface area contributed by atoms with E-state index in [1.165, 1.54) is 0 Å². The molecule has 0 fully saturated rings. The topological polar surface area (TPSA) is 47.3 Å². The number of halogens is 1. The van der Waals surface area contributed by atoms with Gasteiger partial charge in [0.05, 0.1) is 22.5 Å². The first-order chi connectivity index (χ1) is 10.1. The van der Waals surface area contributed by atoms with Crippen LogP contribution >= 0.6 is 11.6 Å². The molecule has 2 rings (SSSR count). The van der Waals surface area contributed by atoms with E-state index in [0.717, 1.165) is 29.1 Å². The molecule has 1 N–H and O–H groups in total. The third-order valence-corrected chi connectivity index (χ3v) is 3.97. The van der Waals surface area contributed by atoms with E-state index < -0.39 is 6.10 Å². The lowest BCUT2D eigenvalue weighted by Gasteiger charge is -2.10. The van der Waals surface area contributed by atoms with Gasteiger partial charge in [0.2, 0.25) is 0 Å². The minimum Gasteiger partial charge on any atom is -0.487 e. The zero-order chi connectivity index (χ0) is 15.4. The van der Waals surface area contributed by atoms with Gasteiger partial charge in [-0.3, -0.25) is 4.68 Å². The second kappa shape index (κ2) is 6.96. The van der Waals surface area contributed by atoms with Crippen LogP contribution in [0.25, 0.3) is 0 Å². The Morgan fingerprint density at radius 3 is 2.48 bits per heavy atom. The Morgan fingerprint density at radius 2 is 1.95 bits per heavy atom. The maximum absolute atomic E-state index is 9.76. The van der Waals surface area contributed by atoms with Crippen LogP contribution in [0.2, 0.25) is 5.02 Å². The molecule has 1 aromatic carbocycles. The van der Waals surface area contributed by atoms with Crippen LogP contribution in [0, 0.1) is 0 Å². The van der Waals surface area contributed by atoms with Gasteiger partial charge in [-0.1, -0.05) is 37.6 Å². The zero-order valence-corrected chi connectivity index (χ0v) is 13.4. The summed E-state index contributed by atoms with van der Waals surface area (Å²) in [7, 11) is 1.87. The van der Waals surface area contributed by atoms with Gasteiger partial charge in [-0.2, -0.15) is 5.10 Å². The Bertz CT molecular complexity index is 593. The van der Waals surface area contributed by atoms with Crippen molar-refractivity contribution < 1.29 is 9.84 Å². The van der Waals surface area contributed by atoms with Crippen LogP contribution < -0.4 is 4.74 Å². The van der Waals surface area contributed by atoms with Crippen molar-refractivity contribution in [3.05, 3.63) is 46.2 Å². The molecule has 1 atom stereocenters. The Morgan fingerprint density at radius 1 is 1.29 bits per heavy atom. The number of hydrogen-bond donors (Lipinski definition) is 1. The molecule has 114 valence electrons. The van der Waals surface area contributed by atoms with E-state index in [2.05, 4.69) is 5.10 Å². The fourth-order valence-electron chi connectivity index (χ4n) is 2.15. The first-order valence-corrected chi connectivity index (χ1v) is 7.55. The summed E-state index contributed by atoms with van der Waals surface area (Å²) >= 11 is 6.29. The van der Waals surface area contributed by atoms with E-state index >= 15 is 0 Å². The van der Waals surface area contributed by atoms with E-state index in [4.69, 9.17) is 16.3 Å². The molecule has 1 unspecified atom stereocenters. The van der Waals surface area contributed by atoms with Gasteiger partial charge >= 0.3 is 0 Å². The van der Waals surface area contributed by atoms with Crippen LogP contribution in [0.4, 0.5) is 0 Å². The summed E-state index contributed by atoms with van der Waals surface area (Å²) in [4.78, 5) is 0. The van der Waals surface area contributed by atoms with Gasteiger partial charge in [-0.05, 0) is 30.5 Å². The Kier molecular flexibility index (Phi) is 5.26. The number of ether oxygens (including phenoxy) is 1. The van der Waals surface area contributed by atoms with Crippen LogP contribution in [0.5, 0.6) is 5.75 Å². The number of hydrogen-bond acceptors (Lipinski definition) is 3. The quantitative estimate of drug-likeness (QED) is 0.886. The van der Waals surface area contributed by atoms with Crippen LogP contribution in [-0.2, 0) is 20.1 Å². The third-order valence-electron chi connectivity index (χ3n) is 3.53. The van der Waals surface area contributed by atoms with Gasteiger partial charge in [-0.25, -0.2) is 0 Å². The number of aryl methyl sites for hydroxylation is 2. The molecule has 0 aliphatic heterocycles. The molecule has 0 aliphatic carbocycles. The molecule has 0 radical (unpaired) electrons. The van der Waals surface area contributed by atoms with Crippen LogP contribution in [0.1, 0.15) is 43.3 Å². The van der Waals surface area contributed by atoms with Gasteiger partial charge < -0.3 is 9.84 Å². The van der Waals surface area contributed by atoms with E-state index in [1.54, 1.807) is 4.68 Å². The maximum atomic E-state index is 9.76. The number of aliphatic hydroxyl groups excluding tert-OH is 1. The predicted octanol–water partition coefficient (Wildman–Crippen LogP) is 3.66. The van der Waals surface area contributed by atoms with Crippen molar-refractivity contribution in [3.8, 4) is 5.75 Å². The molecule has 2 aromatic rings.